The van der Waals surface area contributed by atoms with Crippen LogP contribution in [-0.4, -0.2) is 36.0 Å². The van der Waals surface area contributed by atoms with Crippen LogP contribution in [0.3, 0.4) is 0 Å². The van der Waals surface area contributed by atoms with Crippen molar-refractivity contribution in [2.45, 2.75) is 32.8 Å². The zero-order valence-electron chi connectivity index (χ0n) is 14.4. The summed E-state index contributed by atoms with van der Waals surface area (Å²) in [5.74, 6) is -0.472. The smallest absolute Gasteiger partial charge is 0.351 e. The first-order chi connectivity index (χ1) is 12.0. The number of rotatable bonds is 3. The number of hydrogen-bond acceptors (Lipinski definition) is 5. The number of para-hydroxylation sites is 1. The molecular weight excluding hydrogens is 322 g/mol. The van der Waals surface area contributed by atoms with Crippen molar-refractivity contribution in [2.24, 2.45) is 5.92 Å². The Balaban J connectivity index is 1.72. The second-order valence-electron chi connectivity index (χ2n) is 6.54. The Bertz CT molecular complexity index is 848. The number of hydrogen-bond donors (Lipinski definition) is 0. The Morgan fingerprint density at radius 2 is 1.92 bits per heavy atom. The van der Waals surface area contributed by atoms with Crippen molar-refractivity contribution in [2.75, 3.05) is 13.1 Å². The van der Waals surface area contributed by atoms with E-state index in [4.69, 9.17) is 9.15 Å². The number of fused-ring (bicyclic) bond motifs is 1. The Kier molecular flexibility index (Phi) is 4.88. The van der Waals surface area contributed by atoms with Gasteiger partial charge >= 0.3 is 11.6 Å². The summed E-state index contributed by atoms with van der Waals surface area (Å²) in [6.07, 6.45) is 0.952. The molecule has 3 rings (SSSR count). The molecule has 1 atom stereocenters. The third-order valence-corrected chi connectivity index (χ3v) is 4.59. The number of esters is 1. The van der Waals surface area contributed by atoms with Crippen LogP contribution in [0.25, 0.3) is 11.0 Å². The van der Waals surface area contributed by atoms with E-state index in [1.165, 1.54) is 13.0 Å². The van der Waals surface area contributed by atoms with Crippen molar-refractivity contribution in [3.8, 4) is 0 Å². The van der Waals surface area contributed by atoms with Crippen LogP contribution in [0, 0.1) is 5.92 Å². The first-order valence-corrected chi connectivity index (χ1v) is 8.48. The molecule has 1 aliphatic rings. The second kappa shape index (κ2) is 7.09. The monoisotopic (exact) mass is 343 g/mol. The average molecular weight is 343 g/mol. The largest absolute Gasteiger partial charge is 0.449 e. The van der Waals surface area contributed by atoms with Crippen molar-refractivity contribution in [3.05, 3.63) is 46.3 Å². The summed E-state index contributed by atoms with van der Waals surface area (Å²) in [6, 6.07) is 8.33. The third-order valence-electron chi connectivity index (χ3n) is 4.59. The van der Waals surface area contributed by atoms with Gasteiger partial charge in [0.05, 0.1) is 0 Å². The van der Waals surface area contributed by atoms with Crippen molar-refractivity contribution < 1.29 is 18.7 Å². The summed E-state index contributed by atoms with van der Waals surface area (Å²) >= 11 is 0. The lowest BCUT2D eigenvalue weighted by Crippen LogP contribution is -2.44. The molecule has 1 unspecified atom stereocenters. The van der Waals surface area contributed by atoms with E-state index in [2.05, 4.69) is 6.92 Å². The van der Waals surface area contributed by atoms with Gasteiger partial charge in [0.2, 0.25) is 0 Å². The normalized spacial score (nSPS) is 16.6. The number of ether oxygens (including phenoxy) is 1. The van der Waals surface area contributed by atoms with E-state index in [1.807, 2.05) is 0 Å². The molecule has 0 radical (unpaired) electrons. The number of piperidine rings is 1. The highest BCUT2D eigenvalue weighted by Crippen LogP contribution is 2.18. The van der Waals surface area contributed by atoms with Crippen LogP contribution in [0.5, 0.6) is 0 Å². The van der Waals surface area contributed by atoms with Crippen LogP contribution in [0.2, 0.25) is 0 Å². The molecule has 1 aliphatic heterocycles. The maximum atomic E-state index is 12.4. The first-order valence-electron chi connectivity index (χ1n) is 8.48. The van der Waals surface area contributed by atoms with Gasteiger partial charge in [0.15, 0.2) is 6.10 Å². The topological polar surface area (TPSA) is 76.8 Å². The molecule has 1 amide bonds. The van der Waals surface area contributed by atoms with Gasteiger partial charge in [-0.1, -0.05) is 25.1 Å². The molecule has 1 aromatic carbocycles. The SMILES string of the molecule is CC1CCN(C(=O)C(C)OC(=O)c2cc3ccccc3oc2=O)CC1. The summed E-state index contributed by atoms with van der Waals surface area (Å²) in [5, 5.41) is 0.623. The van der Waals surface area contributed by atoms with Crippen LogP contribution >= 0.6 is 0 Å². The number of carbonyl (C=O) groups excluding carboxylic acids is 2. The molecule has 2 aromatic rings. The molecule has 25 heavy (non-hydrogen) atoms. The third kappa shape index (κ3) is 3.73. The standard InChI is InChI=1S/C19H21NO5/c1-12-7-9-20(10-8-12)17(21)13(2)24-18(22)15-11-14-5-3-4-6-16(14)25-19(15)23/h3-6,11-13H,7-10H2,1-2H3. The van der Waals surface area contributed by atoms with E-state index in [-0.39, 0.29) is 11.5 Å². The predicted octanol–water partition coefficient (Wildman–Crippen LogP) is 2.60. The lowest BCUT2D eigenvalue weighted by molar-refractivity contribution is -0.141. The van der Waals surface area contributed by atoms with Gasteiger partial charge in [0.1, 0.15) is 11.1 Å². The van der Waals surface area contributed by atoms with Crippen molar-refractivity contribution in [1.82, 2.24) is 4.90 Å². The molecule has 6 nitrogen and oxygen atoms in total. The van der Waals surface area contributed by atoms with E-state index in [0.717, 1.165) is 12.8 Å². The quantitative estimate of drug-likeness (QED) is 0.632. The predicted molar refractivity (Wildman–Crippen MR) is 92.3 cm³/mol. The molecule has 0 N–H and O–H groups in total. The fourth-order valence-corrected chi connectivity index (χ4v) is 2.96. The Morgan fingerprint density at radius 3 is 2.64 bits per heavy atom. The molecule has 1 saturated heterocycles. The van der Waals surface area contributed by atoms with Crippen LogP contribution in [-0.2, 0) is 9.53 Å². The fraction of sp³-hybridized carbons (Fsp3) is 0.421. The average Bonchev–Trinajstić information content (AvgIpc) is 2.61. The summed E-state index contributed by atoms with van der Waals surface area (Å²) in [7, 11) is 0. The van der Waals surface area contributed by atoms with E-state index < -0.39 is 17.7 Å². The van der Waals surface area contributed by atoms with E-state index in [9.17, 15) is 14.4 Å². The number of benzene rings is 1. The lowest BCUT2D eigenvalue weighted by atomic mass is 9.99. The number of nitrogens with zero attached hydrogens (tertiary/aromatic N) is 1. The molecule has 0 saturated carbocycles. The van der Waals surface area contributed by atoms with Gasteiger partial charge in [0.25, 0.3) is 5.91 Å². The van der Waals surface area contributed by atoms with Crippen LogP contribution in [0.4, 0.5) is 0 Å². The lowest BCUT2D eigenvalue weighted by Gasteiger charge is -2.31. The van der Waals surface area contributed by atoms with E-state index in [0.29, 0.717) is 30.0 Å². The summed E-state index contributed by atoms with van der Waals surface area (Å²) < 4.78 is 10.4. The van der Waals surface area contributed by atoms with Crippen LogP contribution in [0.1, 0.15) is 37.0 Å². The van der Waals surface area contributed by atoms with Crippen molar-refractivity contribution in [3.63, 3.8) is 0 Å². The summed E-state index contributed by atoms with van der Waals surface area (Å²) in [6.45, 7) is 5.02. The van der Waals surface area contributed by atoms with Crippen molar-refractivity contribution in [1.29, 1.82) is 0 Å². The summed E-state index contributed by atoms with van der Waals surface area (Å²) in [5.41, 5.74) is -0.573. The minimum absolute atomic E-state index is 0.203. The van der Waals surface area contributed by atoms with Crippen LogP contribution in [0.15, 0.2) is 39.5 Å². The van der Waals surface area contributed by atoms with Gasteiger partial charge in [-0.25, -0.2) is 9.59 Å². The Hall–Kier alpha value is -2.63. The molecule has 132 valence electrons. The molecule has 6 heteroatoms. The number of likely N-dealkylation sites (tertiary alicyclic amines) is 1. The minimum atomic E-state index is -0.938. The van der Waals surface area contributed by atoms with Gasteiger partial charge in [-0.3, -0.25) is 4.79 Å². The minimum Gasteiger partial charge on any atom is -0.449 e. The zero-order valence-corrected chi connectivity index (χ0v) is 14.4. The molecule has 1 fully saturated rings. The highest BCUT2D eigenvalue weighted by molar-refractivity contribution is 5.94. The van der Waals surface area contributed by atoms with Crippen LogP contribution < -0.4 is 5.63 Å². The molecule has 0 spiro atoms. The maximum Gasteiger partial charge on any atom is 0.351 e. The van der Waals surface area contributed by atoms with Gasteiger partial charge < -0.3 is 14.1 Å². The Morgan fingerprint density at radius 1 is 1.24 bits per heavy atom. The number of carbonyl (C=O) groups is 2. The molecule has 0 aliphatic carbocycles. The molecular formula is C19H21NO5. The van der Waals surface area contributed by atoms with Gasteiger partial charge in [-0.05, 0) is 37.8 Å². The van der Waals surface area contributed by atoms with Gasteiger partial charge in [-0.2, -0.15) is 0 Å². The van der Waals surface area contributed by atoms with Crippen molar-refractivity contribution >= 4 is 22.8 Å². The maximum absolute atomic E-state index is 12.4. The zero-order chi connectivity index (χ0) is 18.0. The van der Waals surface area contributed by atoms with E-state index >= 15 is 0 Å². The molecule has 1 aromatic heterocycles. The molecule has 2 heterocycles. The summed E-state index contributed by atoms with van der Waals surface area (Å²) in [4.78, 5) is 38.4. The number of amides is 1. The highest BCUT2D eigenvalue weighted by Gasteiger charge is 2.28. The second-order valence-corrected chi connectivity index (χ2v) is 6.54. The van der Waals surface area contributed by atoms with Gasteiger partial charge in [0, 0.05) is 18.5 Å². The fourth-order valence-electron chi connectivity index (χ4n) is 2.96. The Labute approximate surface area is 145 Å². The van der Waals surface area contributed by atoms with E-state index in [1.54, 1.807) is 29.2 Å². The first kappa shape index (κ1) is 17.2. The highest BCUT2D eigenvalue weighted by atomic mass is 16.5. The molecule has 0 bridgehead atoms. The van der Waals surface area contributed by atoms with Gasteiger partial charge in [-0.15, -0.1) is 0 Å².